The van der Waals surface area contributed by atoms with Gasteiger partial charge in [-0.15, -0.1) is 0 Å². The number of fused-ring (bicyclic) bond motifs is 1. The summed E-state index contributed by atoms with van der Waals surface area (Å²) in [6.07, 6.45) is 0. The summed E-state index contributed by atoms with van der Waals surface area (Å²) in [5.41, 5.74) is 0.220. The normalized spacial score (nSPS) is 14.7. The van der Waals surface area contributed by atoms with Crippen molar-refractivity contribution in [1.29, 1.82) is 0 Å². The van der Waals surface area contributed by atoms with E-state index in [1.54, 1.807) is 12.1 Å². The van der Waals surface area contributed by atoms with Gasteiger partial charge in [-0.1, -0.05) is 16.9 Å². The van der Waals surface area contributed by atoms with Crippen LogP contribution in [0.25, 0.3) is 0 Å². The first-order chi connectivity index (χ1) is 8.17. The molecule has 2 rings (SSSR count). The summed E-state index contributed by atoms with van der Waals surface area (Å²) in [5, 5.41) is 0. The van der Waals surface area contributed by atoms with E-state index in [-0.39, 0.29) is 69.6 Å². The van der Waals surface area contributed by atoms with Crippen LogP contribution < -0.4 is 4.72 Å². The van der Waals surface area contributed by atoms with E-state index in [9.17, 15) is 17.7 Å². The summed E-state index contributed by atoms with van der Waals surface area (Å²) in [4.78, 5) is 25.7. The molecule has 0 aromatic heterocycles. The van der Waals surface area contributed by atoms with Gasteiger partial charge in [0.15, 0.2) is 0 Å². The van der Waals surface area contributed by atoms with Gasteiger partial charge in [-0.05, 0) is 16.7 Å². The van der Waals surface area contributed by atoms with Crippen LogP contribution in [0.4, 0.5) is 4.53 Å². The maximum absolute atomic E-state index is 11.1. The minimum atomic E-state index is -4.81. The van der Waals surface area contributed by atoms with Crippen molar-refractivity contribution in [3.8, 4) is 0 Å². The Hall–Kier alpha value is 0.680. The SMILES string of the molecule is O=C1NS(=O)(=O)c2ccccc21.O=P(O)(O)OF.[NaH].[NaH]. The van der Waals surface area contributed by atoms with Gasteiger partial charge in [0.2, 0.25) is 0 Å². The molecule has 0 spiro atoms. The van der Waals surface area contributed by atoms with Crippen LogP contribution in [-0.2, 0) is 19.3 Å². The van der Waals surface area contributed by atoms with Crippen molar-refractivity contribution >= 4 is 82.9 Å². The van der Waals surface area contributed by atoms with E-state index in [0.29, 0.717) is 0 Å². The van der Waals surface area contributed by atoms with Gasteiger partial charge >= 0.3 is 66.9 Å². The number of halogens is 1. The zero-order valence-electron chi connectivity index (χ0n) is 8.48. The Morgan fingerprint density at radius 2 is 1.65 bits per heavy atom. The van der Waals surface area contributed by atoms with Gasteiger partial charge in [0.05, 0.1) is 5.56 Å². The summed E-state index contributed by atoms with van der Waals surface area (Å²) < 4.78 is 45.6. The van der Waals surface area contributed by atoms with E-state index in [0.717, 1.165) is 0 Å². The van der Waals surface area contributed by atoms with E-state index in [1.165, 1.54) is 12.1 Å². The van der Waals surface area contributed by atoms with Crippen molar-refractivity contribution in [2.24, 2.45) is 0 Å². The average molecular weight is 347 g/mol. The molecule has 13 heteroatoms. The van der Waals surface area contributed by atoms with Crippen LogP contribution in [0, 0.1) is 0 Å². The Labute approximate surface area is 157 Å². The van der Waals surface area contributed by atoms with Gasteiger partial charge in [-0.2, -0.15) is 0 Å². The number of phosphoric acid groups is 1. The van der Waals surface area contributed by atoms with Crippen LogP contribution in [0.5, 0.6) is 0 Å². The topological polar surface area (TPSA) is 130 Å². The number of carbonyl (C=O) groups excluding carboxylic acids is 1. The molecule has 0 bridgehead atoms. The fraction of sp³-hybridized carbons (Fsp3) is 0. The zero-order valence-corrected chi connectivity index (χ0v) is 10.2. The number of rotatable bonds is 1. The van der Waals surface area contributed by atoms with Gasteiger partial charge in [-0.3, -0.25) is 4.79 Å². The third-order valence-corrected chi connectivity index (χ3v) is 3.31. The van der Waals surface area contributed by atoms with Crippen molar-refractivity contribution in [1.82, 2.24) is 4.72 Å². The molecule has 0 unspecified atom stereocenters. The van der Waals surface area contributed by atoms with Crippen LogP contribution in [0.1, 0.15) is 10.4 Å². The second-order valence-electron chi connectivity index (χ2n) is 2.99. The fourth-order valence-electron chi connectivity index (χ4n) is 1.12. The predicted molar refractivity (Wildman–Crippen MR) is 69.6 cm³/mol. The van der Waals surface area contributed by atoms with Gasteiger partial charge in [0.25, 0.3) is 15.9 Å². The van der Waals surface area contributed by atoms with E-state index in [4.69, 9.17) is 14.4 Å². The molecule has 1 aromatic carbocycles. The molecule has 0 radical (unpaired) electrons. The summed E-state index contributed by atoms with van der Waals surface area (Å²) in [6, 6.07) is 6.09. The Morgan fingerprint density at radius 1 is 1.20 bits per heavy atom. The second-order valence-corrected chi connectivity index (χ2v) is 5.76. The van der Waals surface area contributed by atoms with Crippen LogP contribution in [0.2, 0.25) is 0 Å². The molecule has 1 amide bonds. The molecule has 1 aliphatic rings. The third-order valence-electron chi connectivity index (χ3n) is 1.74. The maximum atomic E-state index is 11.1. The number of hydrogen-bond acceptors (Lipinski definition) is 5. The first-order valence-electron chi connectivity index (χ1n) is 4.19. The molecular weight excluding hydrogens is 338 g/mol. The third kappa shape index (κ3) is 6.63. The van der Waals surface area contributed by atoms with Crippen molar-refractivity contribution in [2.45, 2.75) is 4.90 Å². The summed E-state index contributed by atoms with van der Waals surface area (Å²) in [6.45, 7) is 0. The zero-order chi connectivity index (χ0) is 14.0. The molecule has 20 heavy (non-hydrogen) atoms. The van der Waals surface area contributed by atoms with Gasteiger partial charge in [0.1, 0.15) is 4.90 Å². The van der Waals surface area contributed by atoms with E-state index in [2.05, 4.69) is 4.73 Å². The fourth-order valence-corrected chi connectivity index (χ4v) is 2.29. The van der Waals surface area contributed by atoms with Gasteiger partial charge in [0, 0.05) is 0 Å². The van der Waals surface area contributed by atoms with Gasteiger partial charge in [-0.25, -0.2) is 17.7 Å². The molecule has 0 aliphatic carbocycles. The predicted octanol–water partition coefficient (Wildman–Crippen LogP) is -1.20. The van der Waals surface area contributed by atoms with Crippen LogP contribution in [-0.4, -0.2) is 83.2 Å². The number of hydrogen-bond donors (Lipinski definition) is 3. The molecule has 0 saturated carbocycles. The number of benzene rings is 1. The Morgan fingerprint density at radius 3 is 2.05 bits per heavy atom. The molecule has 0 fully saturated rings. The first kappa shape index (κ1) is 23.0. The molecule has 3 N–H and O–H groups in total. The molecule has 8 nitrogen and oxygen atoms in total. The Balaban J connectivity index is 0. The number of sulfonamides is 1. The van der Waals surface area contributed by atoms with Crippen molar-refractivity contribution in [3.63, 3.8) is 0 Å². The standard InChI is InChI=1S/C7H5NO3S.FH2O4P.2Na.2H/c9-7-5-3-1-2-4-6(5)12(10,11)8-7;1-5-6(2,3)4;;;;/h1-4H,(H,8,9);(H2,2,3,4);;;;. The second kappa shape index (κ2) is 8.96. The molecule has 104 valence electrons. The van der Waals surface area contributed by atoms with E-state index in [1.807, 2.05) is 4.72 Å². The van der Waals surface area contributed by atoms with E-state index >= 15 is 0 Å². The summed E-state index contributed by atoms with van der Waals surface area (Å²) in [5.74, 6) is -0.550. The first-order valence-corrected chi connectivity index (χ1v) is 7.21. The number of nitrogens with one attached hydrogen (secondary N) is 1. The Kier molecular flexibility index (Phi) is 10.3. The summed E-state index contributed by atoms with van der Waals surface area (Å²) >= 11 is 0. The summed E-state index contributed by atoms with van der Waals surface area (Å²) in [7, 11) is -8.37. The van der Waals surface area contributed by atoms with Crippen molar-refractivity contribution < 1.29 is 36.8 Å². The average Bonchev–Trinajstić information content (AvgIpc) is 2.50. The van der Waals surface area contributed by atoms with Gasteiger partial charge < -0.3 is 9.79 Å². The van der Waals surface area contributed by atoms with Crippen LogP contribution in [0.3, 0.4) is 0 Å². The molecule has 1 aromatic rings. The molecule has 0 saturated heterocycles. The van der Waals surface area contributed by atoms with Crippen molar-refractivity contribution in [3.05, 3.63) is 29.8 Å². The quantitative estimate of drug-likeness (QED) is 0.430. The van der Waals surface area contributed by atoms with Crippen LogP contribution in [0.15, 0.2) is 29.2 Å². The molecule has 1 aliphatic heterocycles. The van der Waals surface area contributed by atoms with Crippen LogP contribution >= 0.6 is 7.82 Å². The molecular formula is C7H9FNNa2O7PS. The number of carbonyl (C=O) groups is 1. The van der Waals surface area contributed by atoms with E-state index < -0.39 is 23.8 Å². The minimum absolute atomic E-state index is 0. The monoisotopic (exact) mass is 347 g/mol. The molecule has 1 heterocycles. The molecule has 0 atom stereocenters. The number of amides is 1. The van der Waals surface area contributed by atoms with Crippen molar-refractivity contribution in [2.75, 3.05) is 0 Å². The Bertz CT molecular complexity index is 619.